The highest BCUT2D eigenvalue weighted by Crippen LogP contribution is 2.36. The van der Waals surface area contributed by atoms with Crippen molar-refractivity contribution >= 4 is 17.4 Å². The molecule has 0 saturated heterocycles. The van der Waals surface area contributed by atoms with Crippen LogP contribution in [0.25, 0.3) is 11.6 Å². The van der Waals surface area contributed by atoms with E-state index in [1.807, 2.05) is 26.0 Å². The number of carbonyl (C=O) groups is 1. The summed E-state index contributed by atoms with van der Waals surface area (Å²) in [6.07, 6.45) is 5.56. The zero-order valence-corrected chi connectivity index (χ0v) is 15.2. The van der Waals surface area contributed by atoms with Crippen molar-refractivity contribution in [2.45, 2.75) is 27.2 Å². The summed E-state index contributed by atoms with van der Waals surface area (Å²) in [5, 5.41) is 4.14. The smallest absolute Gasteiger partial charge is 0.247 e. The molecule has 3 aromatic rings. The fourth-order valence-electron chi connectivity index (χ4n) is 3.21. The van der Waals surface area contributed by atoms with E-state index in [0.717, 1.165) is 17.6 Å². The number of nitrogens with zero attached hydrogens (tertiary/aromatic N) is 3. The normalized spacial score (nSPS) is 12.8. The van der Waals surface area contributed by atoms with Crippen LogP contribution in [-0.4, -0.2) is 27.0 Å². The van der Waals surface area contributed by atoms with Crippen LogP contribution in [0.4, 0.5) is 4.39 Å². The van der Waals surface area contributed by atoms with Crippen molar-refractivity contribution in [3.05, 3.63) is 52.7 Å². The number of ketones is 1. The average molecular weight is 367 g/mol. The van der Waals surface area contributed by atoms with Crippen LogP contribution in [0.3, 0.4) is 0 Å². The van der Waals surface area contributed by atoms with E-state index in [2.05, 4.69) is 10.1 Å². The van der Waals surface area contributed by atoms with Crippen LogP contribution in [-0.2, 0) is 11.2 Å². The first-order valence-electron chi connectivity index (χ1n) is 8.55. The molecule has 0 bridgehead atoms. The third-order valence-corrected chi connectivity index (χ3v) is 4.48. The Kier molecular flexibility index (Phi) is 4.14. The number of halogens is 1. The molecule has 2 aromatic heterocycles. The van der Waals surface area contributed by atoms with Gasteiger partial charge in [-0.3, -0.25) is 4.79 Å². The fourth-order valence-corrected chi connectivity index (χ4v) is 3.21. The molecule has 0 aliphatic heterocycles. The zero-order chi connectivity index (χ0) is 19.1. The van der Waals surface area contributed by atoms with Gasteiger partial charge in [0.1, 0.15) is 24.2 Å². The molecular formula is C20H18FN3O3. The molecule has 0 N–H and O–H groups in total. The number of benzene rings is 1. The highest BCUT2D eigenvalue weighted by Gasteiger charge is 2.21. The molecule has 0 radical (unpaired) electrons. The number of aryl methyl sites for hydroxylation is 1. The second kappa shape index (κ2) is 6.50. The molecule has 0 unspecified atom stereocenters. The minimum absolute atomic E-state index is 0.0352. The van der Waals surface area contributed by atoms with Crippen LogP contribution in [0, 0.1) is 12.7 Å². The zero-order valence-electron chi connectivity index (χ0n) is 15.2. The summed E-state index contributed by atoms with van der Waals surface area (Å²) in [4.78, 5) is 15.3. The number of allylic oxidation sites excluding steroid dienone is 1. The van der Waals surface area contributed by atoms with Gasteiger partial charge in [-0.25, -0.2) is 8.91 Å². The number of aromatic nitrogens is 3. The summed E-state index contributed by atoms with van der Waals surface area (Å²) in [7, 11) is 0. The van der Waals surface area contributed by atoms with Crippen molar-refractivity contribution < 1.29 is 18.7 Å². The molecule has 1 aromatic carbocycles. The average Bonchev–Trinajstić information content (AvgIpc) is 3.16. The number of Topliss-reactive ketones (excluding diaryl/α,β-unsaturated/α-hetero) is 1. The van der Waals surface area contributed by atoms with E-state index in [9.17, 15) is 9.18 Å². The van der Waals surface area contributed by atoms with Gasteiger partial charge in [0.05, 0.1) is 6.20 Å². The lowest BCUT2D eigenvalue weighted by Crippen LogP contribution is -2.06. The first kappa shape index (κ1) is 17.2. The van der Waals surface area contributed by atoms with Crippen molar-refractivity contribution in [1.29, 1.82) is 0 Å². The molecule has 0 spiro atoms. The minimum Gasteiger partial charge on any atom is -0.484 e. The van der Waals surface area contributed by atoms with Gasteiger partial charge in [0.2, 0.25) is 5.88 Å². The van der Waals surface area contributed by atoms with Gasteiger partial charge in [0, 0.05) is 11.1 Å². The molecule has 27 heavy (non-hydrogen) atoms. The maximum Gasteiger partial charge on any atom is 0.247 e. The quantitative estimate of drug-likeness (QED) is 0.684. The summed E-state index contributed by atoms with van der Waals surface area (Å²) in [5.74, 6) is 0.336. The number of ether oxygens (including phenoxy) is 2. The molecule has 2 heterocycles. The lowest BCUT2D eigenvalue weighted by Gasteiger charge is -2.10. The summed E-state index contributed by atoms with van der Waals surface area (Å²) >= 11 is 0. The molecule has 7 heteroatoms. The number of fused-ring (bicyclic) bond motifs is 2. The van der Waals surface area contributed by atoms with Gasteiger partial charge in [-0.05, 0) is 38.8 Å². The van der Waals surface area contributed by atoms with Crippen molar-refractivity contribution in [3.63, 3.8) is 0 Å². The van der Waals surface area contributed by atoms with E-state index >= 15 is 0 Å². The minimum atomic E-state index is -0.404. The van der Waals surface area contributed by atoms with Crippen LogP contribution >= 0.6 is 0 Å². The van der Waals surface area contributed by atoms with Crippen LogP contribution in [0.5, 0.6) is 17.4 Å². The Morgan fingerprint density at radius 1 is 1.30 bits per heavy atom. The van der Waals surface area contributed by atoms with Crippen molar-refractivity contribution in [3.8, 4) is 17.4 Å². The van der Waals surface area contributed by atoms with Gasteiger partial charge in [0.25, 0.3) is 0 Å². The molecular weight excluding hydrogens is 349 g/mol. The van der Waals surface area contributed by atoms with Gasteiger partial charge in [0.15, 0.2) is 17.3 Å². The summed E-state index contributed by atoms with van der Waals surface area (Å²) in [5.41, 5.74) is 3.89. The Morgan fingerprint density at radius 2 is 2.11 bits per heavy atom. The van der Waals surface area contributed by atoms with E-state index in [1.54, 1.807) is 16.8 Å². The van der Waals surface area contributed by atoms with E-state index in [4.69, 9.17) is 9.47 Å². The first-order valence-corrected chi connectivity index (χ1v) is 8.55. The molecule has 0 amide bonds. The maximum absolute atomic E-state index is 14.9. The number of carbonyl (C=O) groups excluding carboxylic acids is 1. The third-order valence-electron chi connectivity index (χ3n) is 4.48. The first-order chi connectivity index (χ1) is 12.9. The molecule has 0 saturated carbocycles. The Bertz CT molecular complexity index is 1100. The summed E-state index contributed by atoms with van der Waals surface area (Å²) < 4.78 is 27.7. The topological polar surface area (TPSA) is 65.7 Å². The molecule has 0 atom stereocenters. The number of rotatable bonds is 5. The second-order valence-corrected chi connectivity index (χ2v) is 6.69. The largest absolute Gasteiger partial charge is 0.484 e. The molecule has 6 nitrogen and oxygen atoms in total. The number of hydrogen-bond acceptors (Lipinski definition) is 5. The van der Waals surface area contributed by atoms with Crippen LogP contribution < -0.4 is 9.47 Å². The van der Waals surface area contributed by atoms with Crippen molar-refractivity contribution in [2.24, 2.45) is 0 Å². The van der Waals surface area contributed by atoms with Gasteiger partial charge in [-0.2, -0.15) is 10.1 Å². The highest BCUT2D eigenvalue weighted by molar-refractivity contribution is 5.77. The third kappa shape index (κ3) is 3.05. The number of hydrogen-bond donors (Lipinski definition) is 0. The Morgan fingerprint density at radius 3 is 2.89 bits per heavy atom. The van der Waals surface area contributed by atoms with Crippen molar-refractivity contribution in [2.75, 3.05) is 6.61 Å². The molecule has 138 valence electrons. The maximum atomic E-state index is 14.9. The van der Waals surface area contributed by atoms with E-state index in [1.165, 1.54) is 13.3 Å². The van der Waals surface area contributed by atoms with Gasteiger partial charge < -0.3 is 9.47 Å². The molecule has 1 aliphatic rings. The molecule has 4 rings (SSSR count). The summed E-state index contributed by atoms with van der Waals surface area (Å²) in [6, 6.07) is 3.48. The SMILES string of the molecule is CC(=O)COc1cn2ncnc(Oc3ccc4c(c3F)C=C(C)C4)c2c1C. The second-order valence-electron chi connectivity index (χ2n) is 6.69. The van der Waals surface area contributed by atoms with Crippen LogP contribution in [0.1, 0.15) is 30.5 Å². The Balaban J connectivity index is 1.73. The van der Waals surface area contributed by atoms with Gasteiger partial charge in [-0.1, -0.05) is 17.7 Å². The van der Waals surface area contributed by atoms with E-state index < -0.39 is 5.82 Å². The fraction of sp³-hybridized carbons (Fsp3) is 0.250. The van der Waals surface area contributed by atoms with Gasteiger partial charge >= 0.3 is 0 Å². The van der Waals surface area contributed by atoms with E-state index in [0.29, 0.717) is 22.4 Å². The van der Waals surface area contributed by atoms with Crippen LogP contribution in [0.15, 0.2) is 30.2 Å². The van der Waals surface area contributed by atoms with Gasteiger partial charge in [-0.15, -0.1) is 0 Å². The lowest BCUT2D eigenvalue weighted by atomic mass is 10.1. The molecule has 1 aliphatic carbocycles. The van der Waals surface area contributed by atoms with Crippen molar-refractivity contribution in [1.82, 2.24) is 14.6 Å². The summed E-state index contributed by atoms with van der Waals surface area (Å²) in [6.45, 7) is 5.20. The van der Waals surface area contributed by atoms with Crippen LogP contribution in [0.2, 0.25) is 0 Å². The standard InChI is InChI=1S/C20H18FN3O3/c1-11-6-14-4-5-16(18(21)15(14)7-11)27-20-19-13(3)17(26-9-12(2)25)8-24(19)23-10-22-20/h4-5,7-8,10H,6,9H2,1-3H3. The monoisotopic (exact) mass is 367 g/mol. The Labute approximate surface area is 155 Å². The predicted molar refractivity (Wildman–Crippen MR) is 97.7 cm³/mol. The lowest BCUT2D eigenvalue weighted by molar-refractivity contribution is -0.118. The molecule has 0 fully saturated rings. The highest BCUT2D eigenvalue weighted by atomic mass is 19.1. The predicted octanol–water partition coefficient (Wildman–Crippen LogP) is 3.90. The Hall–Kier alpha value is -3.22. The van der Waals surface area contributed by atoms with E-state index in [-0.39, 0.29) is 24.0 Å².